The molecule has 0 aromatic heterocycles. The van der Waals surface area contributed by atoms with Crippen LogP contribution < -0.4 is 0 Å². The molecular formula is C6H11BrO. The molecule has 0 N–H and O–H groups in total. The van der Waals surface area contributed by atoms with Crippen LogP contribution in [0.3, 0.4) is 0 Å². The van der Waals surface area contributed by atoms with Crippen molar-refractivity contribution in [1.29, 1.82) is 0 Å². The van der Waals surface area contributed by atoms with Crippen LogP contribution in [0, 0.1) is 0 Å². The monoisotopic (exact) mass is 178 g/mol. The molecule has 0 aliphatic carbocycles. The Hall–Kier alpha value is 0.180. The first-order chi connectivity index (χ1) is 3.81. The number of halogens is 1. The summed E-state index contributed by atoms with van der Waals surface area (Å²) in [6, 6.07) is 0. The van der Waals surface area contributed by atoms with Crippen molar-refractivity contribution in [3.63, 3.8) is 0 Å². The van der Waals surface area contributed by atoms with Crippen molar-refractivity contribution < 1.29 is 4.74 Å². The molecule has 0 spiro atoms. The molecule has 0 heterocycles. The SMILES string of the molecule is COCC=C(C)CBr. The van der Waals surface area contributed by atoms with Gasteiger partial charge in [0.15, 0.2) is 0 Å². The number of rotatable bonds is 3. The smallest absolute Gasteiger partial charge is 0.0646 e. The molecule has 0 rings (SSSR count). The van der Waals surface area contributed by atoms with Gasteiger partial charge in [-0.25, -0.2) is 0 Å². The Labute approximate surface area is 58.9 Å². The summed E-state index contributed by atoms with van der Waals surface area (Å²) >= 11 is 3.32. The highest BCUT2D eigenvalue weighted by Gasteiger charge is 1.80. The largest absolute Gasteiger partial charge is 0.381 e. The van der Waals surface area contributed by atoms with E-state index in [1.54, 1.807) is 7.11 Å². The van der Waals surface area contributed by atoms with Gasteiger partial charge >= 0.3 is 0 Å². The Morgan fingerprint density at radius 1 is 1.75 bits per heavy atom. The van der Waals surface area contributed by atoms with E-state index in [2.05, 4.69) is 28.9 Å². The Morgan fingerprint density at radius 3 is 2.75 bits per heavy atom. The molecule has 0 saturated carbocycles. The first-order valence-corrected chi connectivity index (χ1v) is 3.64. The Balaban J connectivity index is 3.26. The van der Waals surface area contributed by atoms with Crippen molar-refractivity contribution >= 4 is 15.9 Å². The van der Waals surface area contributed by atoms with E-state index in [0.29, 0.717) is 0 Å². The summed E-state index contributed by atoms with van der Waals surface area (Å²) in [5.41, 5.74) is 1.31. The standard InChI is InChI=1S/C6H11BrO/c1-6(5-7)3-4-8-2/h3H,4-5H2,1-2H3. The lowest BCUT2D eigenvalue weighted by Crippen LogP contribution is -1.84. The highest BCUT2D eigenvalue weighted by Crippen LogP contribution is 1.95. The minimum Gasteiger partial charge on any atom is -0.381 e. The number of hydrogen-bond acceptors (Lipinski definition) is 1. The molecule has 0 aromatic carbocycles. The number of allylic oxidation sites excluding steroid dienone is 1. The average Bonchev–Trinajstić information content (AvgIpc) is 1.83. The van der Waals surface area contributed by atoms with Crippen LogP contribution in [-0.4, -0.2) is 19.0 Å². The summed E-state index contributed by atoms with van der Waals surface area (Å²) in [5, 5.41) is 0.941. The molecule has 1 nitrogen and oxygen atoms in total. The molecule has 48 valence electrons. The van der Waals surface area contributed by atoms with E-state index in [4.69, 9.17) is 4.74 Å². The fourth-order valence-corrected chi connectivity index (χ4v) is 0.509. The van der Waals surface area contributed by atoms with Crippen LogP contribution in [0.5, 0.6) is 0 Å². The van der Waals surface area contributed by atoms with E-state index in [0.717, 1.165) is 11.9 Å². The van der Waals surface area contributed by atoms with Gasteiger partial charge in [-0.3, -0.25) is 0 Å². The van der Waals surface area contributed by atoms with Crippen LogP contribution >= 0.6 is 15.9 Å². The van der Waals surface area contributed by atoms with Gasteiger partial charge in [0, 0.05) is 12.4 Å². The van der Waals surface area contributed by atoms with E-state index in [1.807, 2.05) is 0 Å². The van der Waals surface area contributed by atoms with E-state index < -0.39 is 0 Å². The summed E-state index contributed by atoms with van der Waals surface area (Å²) in [4.78, 5) is 0. The predicted molar refractivity (Wildman–Crippen MR) is 39.4 cm³/mol. The lowest BCUT2D eigenvalue weighted by Gasteiger charge is -1.91. The molecule has 0 atom stereocenters. The molecule has 0 aliphatic rings. The molecule has 0 fully saturated rings. The van der Waals surface area contributed by atoms with E-state index in [9.17, 15) is 0 Å². The second-order valence-corrected chi connectivity index (χ2v) is 2.20. The quantitative estimate of drug-likeness (QED) is 0.475. The normalized spacial score (nSPS) is 12.1. The summed E-state index contributed by atoms with van der Waals surface area (Å²) in [5.74, 6) is 0. The van der Waals surface area contributed by atoms with Crippen LogP contribution in [0.25, 0.3) is 0 Å². The van der Waals surface area contributed by atoms with Crippen LogP contribution in [0.2, 0.25) is 0 Å². The van der Waals surface area contributed by atoms with Gasteiger partial charge in [0.05, 0.1) is 6.61 Å². The minimum absolute atomic E-state index is 0.720. The van der Waals surface area contributed by atoms with Crippen LogP contribution in [-0.2, 0) is 4.74 Å². The van der Waals surface area contributed by atoms with Gasteiger partial charge in [0.1, 0.15) is 0 Å². The zero-order valence-electron chi connectivity index (χ0n) is 5.28. The molecule has 0 aliphatic heterocycles. The van der Waals surface area contributed by atoms with Gasteiger partial charge in [-0.05, 0) is 6.92 Å². The summed E-state index contributed by atoms with van der Waals surface area (Å²) in [6.45, 7) is 2.78. The van der Waals surface area contributed by atoms with Crippen molar-refractivity contribution in [3.8, 4) is 0 Å². The van der Waals surface area contributed by atoms with Gasteiger partial charge in [0.2, 0.25) is 0 Å². The Bertz CT molecular complexity index is 78.6. The third-order valence-corrected chi connectivity index (χ3v) is 1.69. The van der Waals surface area contributed by atoms with Crippen LogP contribution in [0.4, 0.5) is 0 Å². The van der Waals surface area contributed by atoms with Gasteiger partial charge in [-0.15, -0.1) is 0 Å². The zero-order valence-corrected chi connectivity index (χ0v) is 6.86. The molecule has 0 bridgehead atoms. The number of ether oxygens (including phenoxy) is 1. The summed E-state index contributed by atoms with van der Waals surface area (Å²) in [7, 11) is 1.69. The first kappa shape index (κ1) is 8.18. The predicted octanol–water partition coefficient (Wildman–Crippen LogP) is 1.97. The zero-order chi connectivity index (χ0) is 6.41. The Kier molecular flexibility index (Phi) is 5.44. The van der Waals surface area contributed by atoms with Gasteiger partial charge in [-0.1, -0.05) is 27.6 Å². The minimum atomic E-state index is 0.720. The number of methoxy groups -OCH3 is 1. The maximum atomic E-state index is 4.82. The summed E-state index contributed by atoms with van der Waals surface area (Å²) < 4.78 is 4.82. The van der Waals surface area contributed by atoms with E-state index >= 15 is 0 Å². The van der Waals surface area contributed by atoms with Crippen LogP contribution in [0.15, 0.2) is 11.6 Å². The van der Waals surface area contributed by atoms with Crippen molar-refractivity contribution in [2.45, 2.75) is 6.92 Å². The number of alkyl halides is 1. The molecule has 0 amide bonds. The topological polar surface area (TPSA) is 9.23 Å². The molecular weight excluding hydrogens is 168 g/mol. The molecule has 0 aromatic rings. The first-order valence-electron chi connectivity index (χ1n) is 2.51. The second-order valence-electron chi connectivity index (χ2n) is 1.64. The van der Waals surface area contributed by atoms with Crippen molar-refractivity contribution in [2.75, 3.05) is 19.0 Å². The molecule has 8 heavy (non-hydrogen) atoms. The van der Waals surface area contributed by atoms with E-state index in [-0.39, 0.29) is 0 Å². The van der Waals surface area contributed by atoms with Crippen molar-refractivity contribution in [2.24, 2.45) is 0 Å². The number of hydrogen-bond donors (Lipinski definition) is 0. The van der Waals surface area contributed by atoms with Gasteiger partial charge in [-0.2, -0.15) is 0 Å². The van der Waals surface area contributed by atoms with Crippen molar-refractivity contribution in [3.05, 3.63) is 11.6 Å². The van der Waals surface area contributed by atoms with Gasteiger partial charge < -0.3 is 4.74 Å². The third kappa shape index (κ3) is 4.34. The fraction of sp³-hybridized carbons (Fsp3) is 0.667. The maximum Gasteiger partial charge on any atom is 0.0646 e. The molecule has 2 heteroatoms. The van der Waals surface area contributed by atoms with Gasteiger partial charge in [0.25, 0.3) is 0 Å². The lowest BCUT2D eigenvalue weighted by molar-refractivity contribution is 0.233. The highest BCUT2D eigenvalue weighted by atomic mass is 79.9. The fourth-order valence-electron chi connectivity index (χ4n) is 0.280. The van der Waals surface area contributed by atoms with E-state index in [1.165, 1.54) is 5.57 Å². The highest BCUT2D eigenvalue weighted by molar-refractivity contribution is 9.09. The third-order valence-electron chi connectivity index (χ3n) is 0.809. The molecule has 0 saturated heterocycles. The van der Waals surface area contributed by atoms with Crippen LogP contribution in [0.1, 0.15) is 6.92 Å². The summed E-state index contributed by atoms with van der Waals surface area (Å²) in [6.07, 6.45) is 2.05. The second kappa shape index (κ2) is 5.32. The van der Waals surface area contributed by atoms with Crippen molar-refractivity contribution in [1.82, 2.24) is 0 Å². The lowest BCUT2D eigenvalue weighted by atomic mass is 10.3. The molecule has 0 unspecified atom stereocenters. The molecule has 0 radical (unpaired) electrons. The Morgan fingerprint density at radius 2 is 2.38 bits per heavy atom. The maximum absolute atomic E-state index is 4.82. The average molecular weight is 179 g/mol.